The molecule has 6 heteroatoms. The molecule has 0 radical (unpaired) electrons. The number of ether oxygens (including phenoxy) is 1. The summed E-state index contributed by atoms with van der Waals surface area (Å²) < 4.78 is 4.54. The fourth-order valence-electron chi connectivity index (χ4n) is 2.27. The fraction of sp³-hybridized carbons (Fsp3) is 0.357. The number of ketones is 1. The van der Waals surface area contributed by atoms with E-state index >= 15 is 0 Å². The average Bonchev–Trinajstić information content (AvgIpc) is 2.54. The largest absolute Gasteiger partial charge is 0.469 e. The van der Waals surface area contributed by atoms with E-state index in [1.165, 1.54) is 7.11 Å². The zero-order chi connectivity index (χ0) is 14.7. The van der Waals surface area contributed by atoms with Crippen LogP contribution in [-0.4, -0.2) is 24.8 Å². The number of Topliss-reactive ketones (excluding diaryl/α,β-unsaturated/α-hetero) is 1. The smallest absolute Gasteiger partial charge is 0.305 e. The van der Waals surface area contributed by atoms with Gasteiger partial charge in [-0.05, 0) is 18.6 Å². The second kappa shape index (κ2) is 5.73. The Morgan fingerprint density at radius 3 is 2.90 bits per heavy atom. The van der Waals surface area contributed by atoms with Crippen molar-refractivity contribution in [2.45, 2.75) is 19.3 Å². The van der Waals surface area contributed by atoms with Crippen molar-refractivity contribution in [3.63, 3.8) is 0 Å². The van der Waals surface area contributed by atoms with Crippen molar-refractivity contribution in [2.24, 2.45) is 5.92 Å². The molecular formula is C14H16N2O4. The molecule has 1 aromatic rings. The standard InChI is InChI=1S/C14H16N2O4/c1-20-12(18)6-5-8-7-11(17)13-9(15)3-2-4-10(13)16-14(8)19/h2-4,8H,5-7,15H2,1H3,(H,16,19)/t8-/m0/s1. The number of nitrogen functional groups attached to an aromatic ring is 1. The molecule has 1 amide bonds. The van der Waals surface area contributed by atoms with Gasteiger partial charge in [0.05, 0.1) is 18.4 Å². The number of anilines is 2. The van der Waals surface area contributed by atoms with Gasteiger partial charge in [-0.3, -0.25) is 14.4 Å². The third kappa shape index (κ3) is 2.79. The summed E-state index contributed by atoms with van der Waals surface area (Å²) in [5, 5.41) is 2.69. The Kier molecular flexibility index (Phi) is 4.02. The van der Waals surface area contributed by atoms with Crippen LogP contribution in [0.25, 0.3) is 0 Å². The Bertz CT molecular complexity index is 568. The molecule has 1 atom stereocenters. The van der Waals surface area contributed by atoms with Gasteiger partial charge >= 0.3 is 5.97 Å². The van der Waals surface area contributed by atoms with Gasteiger partial charge in [0.1, 0.15) is 0 Å². The van der Waals surface area contributed by atoms with E-state index in [0.717, 1.165) is 0 Å². The molecule has 2 rings (SSSR count). The topological polar surface area (TPSA) is 98.5 Å². The Morgan fingerprint density at radius 1 is 1.45 bits per heavy atom. The van der Waals surface area contributed by atoms with Gasteiger partial charge < -0.3 is 15.8 Å². The van der Waals surface area contributed by atoms with Crippen molar-refractivity contribution >= 4 is 29.0 Å². The van der Waals surface area contributed by atoms with E-state index in [2.05, 4.69) is 10.1 Å². The number of benzene rings is 1. The number of methoxy groups -OCH3 is 1. The summed E-state index contributed by atoms with van der Waals surface area (Å²) in [4.78, 5) is 35.4. The van der Waals surface area contributed by atoms with Crippen LogP contribution in [0.3, 0.4) is 0 Å². The minimum atomic E-state index is -0.548. The third-order valence-corrected chi connectivity index (χ3v) is 3.36. The molecule has 0 aliphatic carbocycles. The number of rotatable bonds is 3. The van der Waals surface area contributed by atoms with Crippen LogP contribution in [-0.2, 0) is 14.3 Å². The van der Waals surface area contributed by atoms with Gasteiger partial charge in [0.15, 0.2) is 5.78 Å². The second-order valence-electron chi connectivity index (χ2n) is 4.70. The summed E-state index contributed by atoms with van der Waals surface area (Å²) in [5.74, 6) is -1.40. The first-order chi connectivity index (χ1) is 9.52. The summed E-state index contributed by atoms with van der Waals surface area (Å²) >= 11 is 0. The van der Waals surface area contributed by atoms with Crippen LogP contribution in [0.15, 0.2) is 18.2 Å². The monoisotopic (exact) mass is 276 g/mol. The van der Waals surface area contributed by atoms with E-state index in [4.69, 9.17) is 5.73 Å². The van der Waals surface area contributed by atoms with Gasteiger partial charge in [-0.15, -0.1) is 0 Å². The van der Waals surface area contributed by atoms with Crippen molar-refractivity contribution < 1.29 is 19.1 Å². The number of hydrogen-bond acceptors (Lipinski definition) is 5. The fourth-order valence-corrected chi connectivity index (χ4v) is 2.27. The van der Waals surface area contributed by atoms with Crippen molar-refractivity contribution in [3.05, 3.63) is 23.8 Å². The second-order valence-corrected chi connectivity index (χ2v) is 4.70. The lowest BCUT2D eigenvalue weighted by Crippen LogP contribution is -2.23. The highest BCUT2D eigenvalue weighted by Crippen LogP contribution is 2.30. The van der Waals surface area contributed by atoms with Crippen LogP contribution in [0.1, 0.15) is 29.6 Å². The van der Waals surface area contributed by atoms with Crippen molar-refractivity contribution in [1.29, 1.82) is 0 Å². The molecule has 0 aromatic heterocycles. The number of hydrogen-bond donors (Lipinski definition) is 2. The molecule has 3 N–H and O–H groups in total. The summed E-state index contributed by atoms with van der Waals surface area (Å²) in [5.41, 5.74) is 6.92. The van der Waals surface area contributed by atoms with Gasteiger partial charge in [0.2, 0.25) is 5.91 Å². The predicted octanol–water partition coefficient (Wildman–Crippen LogP) is 1.36. The molecule has 1 aliphatic heterocycles. The third-order valence-electron chi connectivity index (χ3n) is 3.36. The molecule has 1 heterocycles. The average molecular weight is 276 g/mol. The van der Waals surface area contributed by atoms with E-state index in [1.807, 2.05) is 0 Å². The number of nitrogens with one attached hydrogen (secondary N) is 1. The zero-order valence-electron chi connectivity index (χ0n) is 11.1. The lowest BCUT2D eigenvalue weighted by Gasteiger charge is -2.11. The minimum absolute atomic E-state index is 0.0457. The number of carbonyl (C=O) groups is 3. The molecule has 1 aromatic carbocycles. The summed E-state index contributed by atoms with van der Waals surface area (Å²) in [6.07, 6.45) is 0.426. The molecule has 20 heavy (non-hydrogen) atoms. The first-order valence-corrected chi connectivity index (χ1v) is 6.32. The van der Waals surface area contributed by atoms with Crippen LogP contribution in [0, 0.1) is 5.92 Å². The number of carbonyl (C=O) groups excluding carboxylic acids is 3. The Balaban J connectivity index is 2.19. The van der Waals surface area contributed by atoms with E-state index in [-0.39, 0.29) is 31.0 Å². The summed E-state index contributed by atoms with van der Waals surface area (Å²) in [6, 6.07) is 4.94. The van der Waals surface area contributed by atoms with Crippen LogP contribution in [0.2, 0.25) is 0 Å². The van der Waals surface area contributed by atoms with E-state index in [0.29, 0.717) is 16.9 Å². The lowest BCUT2D eigenvalue weighted by molar-refractivity contribution is -0.141. The SMILES string of the molecule is COC(=O)CC[C@H]1CC(=O)c2c(N)cccc2NC1=O. The van der Waals surface area contributed by atoms with Crippen LogP contribution >= 0.6 is 0 Å². The highest BCUT2D eigenvalue weighted by atomic mass is 16.5. The molecule has 0 spiro atoms. The highest BCUT2D eigenvalue weighted by molar-refractivity contribution is 6.12. The molecule has 0 bridgehead atoms. The van der Waals surface area contributed by atoms with Crippen LogP contribution < -0.4 is 11.1 Å². The molecular weight excluding hydrogens is 260 g/mol. The van der Waals surface area contributed by atoms with Gasteiger partial charge in [0, 0.05) is 24.4 Å². The number of fused-ring (bicyclic) bond motifs is 1. The Labute approximate surface area is 116 Å². The molecule has 0 saturated heterocycles. The summed E-state index contributed by atoms with van der Waals surface area (Å²) in [6.45, 7) is 0. The minimum Gasteiger partial charge on any atom is -0.469 e. The number of nitrogens with two attached hydrogens (primary N) is 1. The maximum Gasteiger partial charge on any atom is 0.305 e. The maximum atomic E-state index is 12.2. The predicted molar refractivity (Wildman–Crippen MR) is 73.2 cm³/mol. The Morgan fingerprint density at radius 2 is 2.20 bits per heavy atom. The Hall–Kier alpha value is -2.37. The first kappa shape index (κ1) is 14.0. The summed E-state index contributed by atoms with van der Waals surface area (Å²) in [7, 11) is 1.29. The molecule has 1 aliphatic rings. The van der Waals surface area contributed by atoms with E-state index in [9.17, 15) is 14.4 Å². The zero-order valence-corrected chi connectivity index (χ0v) is 11.1. The molecule has 6 nitrogen and oxygen atoms in total. The van der Waals surface area contributed by atoms with Crippen molar-refractivity contribution in [2.75, 3.05) is 18.2 Å². The van der Waals surface area contributed by atoms with Gasteiger partial charge in [-0.25, -0.2) is 0 Å². The van der Waals surface area contributed by atoms with Crippen LogP contribution in [0.5, 0.6) is 0 Å². The molecule has 0 saturated carbocycles. The quantitative estimate of drug-likeness (QED) is 0.641. The molecule has 0 fully saturated rings. The van der Waals surface area contributed by atoms with Crippen LogP contribution in [0.4, 0.5) is 11.4 Å². The molecule has 106 valence electrons. The number of amides is 1. The van der Waals surface area contributed by atoms with E-state index in [1.54, 1.807) is 18.2 Å². The van der Waals surface area contributed by atoms with Crippen molar-refractivity contribution in [3.8, 4) is 0 Å². The maximum absolute atomic E-state index is 12.2. The van der Waals surface area contributed by atoms with Gasteiger partial charge in [0.25, 0.3) is 0 Å². The molecule has 0 unspecified atom stereocenters. The van der Waals surface area contributed by atoms with Crippen molar-refractivity contribution in [1.82, 2.24) is 0 Å². The lowest BCUT2D eigenvalue weighted by atomic mass is 9.94. The number of esters is 1. The normalized spacial score (nSPS) is 17.9. The van der Waals surface area contributed by atoms with Gasteiger partial charge in [-0.1, -0.05) is 6.07 Å². The first-order valence-electron chi connectivity index (χ1n) is 6.32. The van der Waals surface area contributed by atoms with E-state index < -0.39 is 11.9 Å². The highest BCUT2D eigenvalue weighted by Gasteiger charge is 2.30. The van der Waals surface area contributed by atoms with Gasteiger partial charge in [-0.2, -0.15) is 0 Å².